The normalized spacial score (nSPS) is 10.6. The van der Waals surface area contributed by atoms with Crippen molar-refractivity contribution in [1.29, 1.82) is 0 Å². The van der Waals surface area contributed by atoms with E-state index in [-0.39, 0.29) is 23.6 Å². The minimum atomic E-state index is -0.383. The first kappa shape index (κ1) is 12.3. The van der Waals surface area contributed by atoms with Crippen molar-refractivity contribution < 1.29 is 4.39 Å². The van der Waals surface area contributed by atoms with Crippen LogP contribution in [0.3, 0.4) is 0 Å². The number of aryl methyl sites for hydroxylation is 2. The van der Waals surface area contributed by atoms with Gasteiger partial charge in [0.05, 0.1) is 6.54 Å². The van der Waals surface area contributed by atoms with Gasteiger partial charge < -0.3 is 4.57 Å². The molecule has 1 heterocycles. The first-order valence-electron chi connectivity index (χ1n) is 5.50. The van der Waals surface area contributed by atoms with Crippen LogP contribution in [0.15, 0.2) is 40.1 Å². The molecular weight excluding hydrogens is 235 g/mol. The summed E-state index contributed by atoms with van der Waals surface area (Å²) in [4.78, 5) is 23.5. The molecule has 94 valence electrons. The third-order valence-corrected chi connectivity index (χ3v) is 2.87. The quantitative estimate of drug-likeness (QED) is 0.797. The molecule has 0 aliphatic rings. The van der Waals surface area contributed by atoms with Crippen molar-refractivity contribution in [3.63, 3.8) is 0 Å². The number of nitrogens with zero attached hydrogens (tertiary/aromatic N) is 2. The Morgan fingerprint density at radius 1 is 1.22 bits per heavy atom. The van der Waals surface area contributed by atoms with Crippen LogP contribution in [-0.4, -0.2) is 9.13 Å². The fourth-order valence-electron chi connectivity index (χ4n) is 1.77. The molecule has 0 aliphatic carbocycles. The first-order valence-corrected chi connectivity index (χ1v) is 5.50. The zero-order chi connectivity index (χ0) is 13.3. The summed E-state index contributed by atoms with van der Waals surface area (Å²) in [6, 6.07) is 5.62. The predicted molar refractivity (Wildman–Crippen MR) is 66.2 cm³/mol. The number of rotatable bonds is 2. The summed E-state index contributed by atoms with van der Waals surface area (Å²) in [5.41, 5.74) is 0.725. The van der Waals surface area contributed by atoms with Crippen LogP contribution in [0, 0.1) is 12.7 Å². The summed E-state index contributed by atoms with van der Waals surface area (Å²) in [6.07, 6.45) is 1.43. The predicted octanol–water partition coefficient (Wildman–Crippen LogP) is 1.04. The third kappa shape index (κ3) is 2.25. The molecule has 0 unspecified atom stereocenters. The van der Waals surface area contributed by atoms with Crippen molar-refractivity contribution in [3.05, 3.63) is 68.2 Å². The van der Waals surface area contributed by atoms with Crippen LogP contribution in [0.1, 0.15) is 11.1 Å². The zero-order valence-corrected chi connectivity index (χ0v) is 10.2. The summed E-state index contributed by atoms with van der Waals surface area (Å²) in [5, 5.41) is 0. The fraction of sp³-hybridized carbons (Fsp3) is 0.231. The second-order valence-electron chi connectivity index (χ2n) is 4.20. The largest absolute Gasteiger partial charge is 0.331 e. The molecule has 0 radical (unpaired) electrons. The van der Waals surface area contributed by atoms with Gasteiger partial charge in [-0.2, -0.15) is 0 Å². The number of aromatic nitrogens is 2. The lowest BCUT2D eigenvalue weighted by Gasteiger charge is -2.09. The van der Waals surface area contributed by atoms with Crippen molar-refractivity contribution in [1.82, 2.24) is 9.13 Å². The average Bonchev–Trinajstić information content (AvgIpc) is 2.32. The molecule has 0 aliphatic heterocycles. The molecule has 0 saturated heterocycles. The van der Waals surface area contributed by atoms with Gasteiger partial charge in [0.25, 0.3) is 5.56 Å². The summed E-state index contributed by atoms with van der Waals surface area (Å²) in [7, 11) is 1.58. The van der Waals surface area contributed by atoms with Crippen LogP contribution in [0.4, 0.5) is 4.39 Å². The van der Waals surface area contributed by atoms with E-state index in [9.17, 15) is 14.0 Å². The molecule has 5 heteroatoms. The van der Waals surface area contributed by atoms with E-state index in [2.05, 4.69) is 0 Å². The smallest absolute Gasteiger partial charge is 0.303 e. The van der Waals surface area contributed by atoms with E-state index in [1.54, 1.807) is 20.0 Å². The summed E-state index contributed by atoms with van der Waals surface area (Å²) in [5.74, 6) is -0.329. The van der Waals surface area contributed by atoms with E-state index < -0.39 is 0 Å². The maximum absolute atomic E-state index is 13.0. The molecule has 4 nitrogen and oxygen atoms in total. The van der Waals surface area contributed by atoms with Crippen LogP contribution in [0.5, 0.6) is 0 Å². The van der Waals surface area contributed by atoms with Gasteiger partial charge in [0.15, 0.2) is 0 Å². The Bertz CT molecular complexity index is 701. The Kier molecular flexibility index (Phi) is 3.14. The van der Waals surface area contributed by atoms with E-state index in [4.69, 9.17) is 0 Å². The van der Waals surface area contributed by atoms with Gasteiger partial charge in [-0.25, -0.2) is 9.18 Å². The van der Waals surface area contributed by atoms with Crippen LogP contribution in [0.25, 0.3) is 0 Å². The highest BCUT2D eigenvalue weighted by atomic mass is 19.1. The van der Waals surface area contributed by atoms with E-state index in [0.717, 1.165) is 10.1 Å². The standard InChI is InChI=1S/C13H13FN2O2/c1-9-7-11(14)4-3-10(9)8-16-12(17)5-6-15(2)13(16)18/h3-7H,8H2,1-2H3. The summed E-state index contributed by atoms with van der Waals surface area (Å²) in [6.45, 7) is 1.90. The first-order chi connectivity index (χ1) is 8.49. The van der Waals surface area contributed by atoms with Gasteiger partial charge in [0.2, 0.25) is 0 Å². The van der Waals surface area contributed by atoms with Crippen LogP contribution >= 0.6 is 0 Å². The van der Waals surface area contributed by atoms with Gasteiger partial charge in [-0.3, -0.25) is 9.36 Å². The molecule has 0 atom stereocenters. The highest BCUT2D eigenvalue weighted by molar-refractivity contribution is 5.26. The summed E-state index contributed by atoms with van der Waals surface area (Å²) >= 11 is 0. The van der Waals surface area contributed by atoms with Gasteiger partial charge in [0, 0.05) is 19.3 Å². The number of benzene rings is 1. The monoisotopic (exact) mass is 248 g/mol. The number of halogens is 1. The lowest BCUT2D eigenvalue weighted by atomic mass is 10.1. The minimum absolute atomic E-state index is 0.151. The molecule has 18 heavy (non-hydrogen) atoms. The second kappa shape index (κ2) is 4.60. The molecule has 1 aromatic carbocycles. The molecule has 1 aromatic heterocycles. The Morgan fingerprint density at radius 3 is 2.61 bits per heavy atom. The molecule has 2 aromatic rings. The molecule has 0 amide bonds. The molecule has 0 bridgehead atoms. The van der Waals surface area contributed by atoms with Crippen LogP contribution < -0.4 is 11.2 Å². The lowest BCUT2D eigenvalue weighted by Crippen LogP contribution is -2.38. The molecule has 0 saturated carbocycles. The Morgan fingerprint density at radius 2 is 1.94 bits per heavy atom. The highest BCUT2D eigenvalue weighted by Gasteiger charge is 2.06. The molecule has 0 fully saturated rings. The Hall–Kier alpha value is -2.17. The maximum Gasteiger partial charge on any atom is 0.331 e. The Balaban J connectivity index is 2.50. The van der Waals surface area contributed by atoms with E-state index in [0.29, 0.717) is 5.56 Å². The minimum Gasteiger partial charge on any atom is -0.303 e. The van der Waals surface area contributed by atoms with E-state index in [1.165, 1.54) is 29.0 Å². The molecule has 2 rings (SSSR count). The average molecular weight is 248 g/mol. The van der Waals surface area contributed by atoms with Crippen LogP contribution in [0.2, 0.25) is 0 Å². The van der Waals surface area contributed by atoms with Gasteiger partial charge in [-0.05, 0) is 30.2 Å². The molecular formula is C13H13FN2O2. The topological polar surface area (TPSA) is 44.0 Å². The van der Waals surface area contributed by atoms with Crippen molar-refractivity contribution in [2.24, 2.45) is 7.05 Å². The highest BCUT2D eigenvalue weighted by Crippen LogP contribution is 2.10. The van der Waals surface area contributed by atoms with Crippen molar-refractivity contribution in [3.8, 4) is 0 Å². The summed E-state index contributed by atoms with van der Waals surface area (Å²) < 4.78 is 15.4. The molecule has 0 spiro atoms. The molecule has 0 N–H and O–H groups in total. The van der Waals surface area contributed by atoms with E-state index >= 15 is 0 Å². The third-order valence-electron chi connectivity index (χ3n) is 2.87. The number of hydrogen-bond donors (Lipinski definition) is 0. The van der Waals surface area contributed by atoms with Gasteiger partial charge in [-0.1, -0.05) is 6.07 Å². The SMILES string of the molecule is Cc1cc(F)ccc1Cn1c(=O)ccn(C)c1=O. The zero-order valence-electron chi connectivity index (χ0n) is 10.2. The van der Waals surface area contributed by atoms with Gasteiger partial charge >= 0.3 is 5.69 Å². The fourth-order valence-corrected chi connectivity index (χ4v) is 1.77. The van der Waals surface area contributed by atoms with Crippen molar-refractivity contribution in [2.75, 3.05) is 0 Å². The lowest BCUT2D eigenvalue weighted by molar-refractivity contribution is 0.618. The van der Waals surface area contributed by atoms with Gasteiger partial charge in [0.1, 0.15) is 5.82 Å². The van der Waals surface area contributed by atoms with Crippen LogP contribution in [-0.2, 0) is 13.6 Å². The second-order valence-corrected chi connectivity index (χ2v) is 4.20. The van der Waals surface area contributed by atoms with Crippen molar-refractivity contribution in [2.45, 2.75) is 13.5 Å². The van der Waals surface area contributed by atoms with E-state index in [1.807, 2.05) is 0 Å². The number of hydrogen-bond acceptors (Lipinski definition) is 2. The maximum atomic E-state index is 13.0. The van der Waals surface area contributed by atoms with Gasteiger partial charge in [-0.15, -0.1) is 0 Å². The Labute approximate surface area is 103 Å². The van der Waals surface area contributed by atoms with Crippen molar-refractivity contribution >= 4 is 0 Å².